The lowest BCUT2D eigenvalue weighted by Crippen LogP contribution is -2.38. The molecule has 1 rings (SSSR count). The molecule has 3 nitrogen and oxygen atoms in total. The molecule has 0 atom stereocenters. The Balaban J connectivity index is 2.44. The summed E-state index contributed by atoms with van der Waals surface area (Å²) in [6.07, 6.45) is 4.21. The van der Waals surface area contributed by atoms with Crippen LogP contribution in [0.4, 0.5) is 0 Å². The molecule has 0 saturated heterocycles. The predicted molar refractivity (Wildman–Crippen MR) is 71.5 cm³/mol. The first-order valence-electron chi connectivity index (χ1n) is 6.12. The zero-order chi connectivity index (χ0) is 12.2. The lowest BCUT2D eigenvalue weighted by Gasteiger charge is -2.30. The molecule has 3 N–H and O–H groups in total. The van der Waals surface area contributed by atoms with Crippen molar-refractivity contribution in [2.75, 3.05) is 19.7 Å². The van der Waals surface area contributed by atoms with E-state index >= 15 is 0 Å². The highest BCUT2D eigenvalue weighted by atomic mass is 32.1. The topological polar surface area (TPSA) is 49.5 Å². The Labute approximate surface area is 104 Å². The lowest BCUT2D eigenvalue weighted by atomic mass is 10.0. The SMILES string of the molecule is CC(C)N(CCCO)CC1(CC(N)=S)CC1. The molecule has 1 aliphatic rings. The van der Waals surface area contributed by atoms with Crippen molar-refractivity contribution in [3.8, 4) is 0 Å². The molecule has 1 fully saturated rings. The van der Waals surface area contributed by atoms with Crippen LogP contribution in [0.2, 0.25) is 0 Å². The molecule has 0 amide bonds. The average Bonchev–Trinajstić information content (AvgIpc) is 2.91. The van der Waals surface area contributed by atoms with Crippen LogP contribution in [0, 0.1) is 5.41 Å². The summed E-state index contributed by atoms with van der Waals surface area (Å²) in [4.78, 5) is 3.07. The molecule has 0 aromatic rings. The summed E-state index contributed by atoms with van der Waals surface area (Å²) in [6.45, 7) is 6.71. The van der Waals surface area contributed by atoms with E-state index in [1.165, 1.54) is 12.8 Å². The second-order valence-electron chi connectivity index (χ2n) is 5.28. The molecule has 1 saturated carbocycles. The van der Waals surface area contributed by atoms with Gasteiger partial charge in [0.2, 0.25) is 0 Å². The largest absolute Gasteiger partial charge is 0.396 e. The van der Waals surface area contributed by atoms with Crippen molar-refractivity contribution in [1.82, 2.24) is 4.90 Å². The van der Waals surface area contributed by atoms with E-state index in [0.717, 1.165) is 25.9 Å². The summed E-state index contributed by atoms with van der Waals surface area (Å²) in [7, 11) is 0. The van der Waals surface area contributed by atoms with Gasteiger partial charge >= 0.3 is 0 Å². The first-order chi connectivity index (χ1) is 7.49. The van der Waals surface area contributed by atoms with Crippen molar-refractivity contribution in [1.29, 1.82) is 0 Å². The van der Waals surface area contributed by atoms with Crippen LogP contribution in [0.1, 0.15) is 39.5 Å². The fraction of sp³-hybridized carbons (Fsp3) is 0.917. The second kappa shape index (κ2) is 5.94. The van der Waals surface area contributed by atoms with Crippen LogP contribution in [-0.2, 0) is 0 Å². The van der Waals surface area contributed by atoms with E-state index in [2.05, 4.69) is 18.7 Å². The predicted octanol–water partition coefficient (Wildman–Crippen LogP) is 1.54. The van der Waals surface area contributed by atoms with Gasteiger partial charge in [0, 0.05) is 32.2 Å². The third-order valence-corrected chi connectivity index (χ3v) is 3.52. The van der Waals surface area contributed by atoms with Crippen molar-refractivity contribution in [2.45, 2.75) is 45.6 Å². The van der Waals surface area contributed by atoms with Gasteiger partial charge in [-0.1, -0.05) is 12.2 Å². The van der Waals surface area contributed by atoms with E-state index in [9.17, 15) is 0 Å². The Morgan fingerprint density at radius 2 is 2.12 bits per heavy atom. The highest BCUT2D eigenvalue weighted by Crippen LogP contribution is 2.49. The van der Waals surface area contributed by atoms with Crippen LogP contribution in [0.3, 0.4) is 0 Å². The van der Waals surface area contributed by atoms with Gasteiger partial charge in [0.1, 0.15) is 0 Å². The Morgan fingerprint density at radius 1 is 1.50 bits per heavy atom. The number of hydrogen-bond donors (Lipinski definition) is 2. The van der Waals surface area contributed by atoms with Crippen LogP contribution >= 0.6 is 12.2 Å². The quantitative estimate of drug-likeness (QED) is 0.636. The first kappa shape index (κ1) is 13.9. The van der Waals surface area contributed by atoms with Gasteiger partial charge in [-0.2, -0.15) is 0 Å². The maximum atomic E-state index is 8.89. The van der Waals surface area contributed by atoms with Crippen LogP contribution in [0.15, 0.2) is 0 Å². The molecular weight excluding hydrogens is 220 g/mol. The monoisotopic (exact) mass is 244 g/mol. The summed E-state index contributed by atoms with van der Waals surface area (Å²) in [6, 6.07) is 0.523. The molecule has 1 aliphatic carbocycles. The van der Waals surface area contributed by atoms with E-state index in [-0.39, 0.29) is 6.61 Å². The fourth-order valence-electron chi connectivity index (χ4n) is 2.16. The standard InChI is InChI=1S/C12H24N2OS/c1-10(2)14(6-3-7-15)9-12(4-5-12)8-11(13)16/h10,15H,3-9H2,1-2H3,(H2,13,16). The third kappa shape index (κ3) is 4.36. The van der Waals surface area contributed by atoms with Gasteiger partial charge in [0.25, 0.3) is 0 Å². The van der Waals surface area contributed by atoms with E-state index < -0.39 is 0 Å². The summed E-state index contributed by atoms with van der Waals surface area (Å²) in [5.41, 5.74) is 6.00. The summed E-state index contributed by atoms with van der Waals surface area (Å²) < 4.78 is 0. The van der Waals surface area contributed by atoms with Gasteiger partial charge < -0.3 is 15.7 Å². The smallest absolute Gasteiger partial charge is 0.0733 e. The first-order valence-corrected chi connectivity index (χ1v) is 6.53. The van der Waals surface area contributed by atoms with Gasteiger partial charge in [-0.25, -0.2) is 0 Å². The molecule has 0 radical (unpaired) electrons. The average molecular weight is 244 g/mol. The van der Waals surface area contributed by atoms with E-state index in [1.54, 1.807) is 0 Å². The minimum Gasteiger partial charge on any atom is -0.396 e. The van der Waals surface area contributed by atoms with Crippen molar-refractivity contribution in [3.05, 3.63) is 0 Å². The van der Waals surface area contributed by atoms with E-state index in [4.69, 9.17) is 23.1 Å². The zero-order valence-electron chi connectivity index (χ0n) is 10.4. The molecule has 94 valence electrons. The highest BCUT2D eigenvalue weighted by molar-refractivity contribution is 7.80. The summed E-state index contributed by atoms with van der Waals surface area (Å²) in [5, 5.41) is 8.89. The third-order valence-electron chi connectivity index (χ3n) is 3.38. The number of hydrogen-bond acceptors (Lipinski definition) is 3. The Morgan fingerprint density at radius 3 is 2.50 bits per heavy atom. The zero-order valence-corrected chi connectivity index (χ0v) is 11.2. The van der Waals surface area contributed by atoms with E-state index in [0.29, 0.717) is 16.4 Å². The molecule has 0 aromatic carbocycles. The Bertz CT molecular complexity index is 239. The summed E-state index contributed by atoms with van der Waals surface area (Å²) in [5.74, 6) is 0. The van der Waals surface area contributed by atoms with Crippen molar-refractivity contribution in [3.63, 3.8) is 0 Å². The van der Waals surface area contributed by atoms with Gasteiger partial charge in [0.05, 0.1) is 4.99 Å². The highest BCUT2D eigenvalue weighted by Gasteiger charge is 2.44. The lowest BCUT2D eigenvalue weighted by molar-refractivity contribution is 0.161. The number of aliphatic hydroxyl groups is 1. The summed E-state index contributed by atoms with van der Waals surface area (Å²) >= 11 is 5.01. The molecule has 0 heterocycles. The molecular formula is C12H24N2OS. The fourth-order valence-corrected chi connectivity index (χ4v) is 2.47. The molecule has 0 aromatic heterocycles. The molecule has 0 aliphatic heterocycles. The molecule has 4 heteroatoms. The van der Waals surface area contributed by atoms with Crippen LogP contribution in [-0.4, -0.2) is 40.7 Å². The molecule has 0 spiro atoms. The van der Waals surface area contributed by atoms with Crippen molar-refractivity contribution < 1.29 is 5.11 Å². The number of rotatable bonds is 8. The van der Waals surface area contributed by atoms with Crippen LogP contribution in [0.5, 0.6) is 0 Å². The van der Waals surface area contributed by atoms with Crippen LogP contribution in [0.25, 0.3) is 0 Å². The number of thiocarbonyl (C=S) groups is 1. The van der Waals surface area contributed by atoms with Gasteiger partial charge in [-0.15, -0.1) is 0 Å². The van der Waals surface area contributed by atoms with Gasteiger partial charge in [-0.05, 0) is 38.5 Å². The minimum atomic E-state index is 0.269. The number of aliphatic hydroxyl groups excluding tert-OH is 1. The molecule has 0 bridgehead atoms. The number of nitrogens with zero attached hydrogens (tertiary/aromatic N) is 1. The van der Waals surface area contributed by atoms with E-state index in [1.807, 2.05) is 0 Å². The maximum Gasteiger partial charge on any atom is 0.0733 e. The van der Waals surface area contributed by atoms with Crippen molar-refractivity contribution >= 4 is 17.2 Å². The Kier molecular flexibility index (Phi) is 5.15. The Hall–Kier alpha value is -0.190. The maximum absolute atomic E-state index is 8.89. The van der Waals surface area contributed by atoms with Gasteiger partial charge in [0.15, 0.2) is 0 Å². The molecule has 16 heavy (non-hydrogen) atoms. The number of nitrogens with two attached hydrogens (primary N) is 1. The molecule has 0 unspecified atom stereocenters. The van der Waals surface area contributed by atoms with Crippen molar-refractivity contribution in [2.24, 2.45) is 11.1 Å². The minimum absolute atomic E-state index is 0.269. The second-order valence-corrected chi connectivity index (χ2v) is 5.81. The van der Waals surface area contributed by atoms with Crippen LogP contribution < -0.4 is 5.73 Å². The normalized spacial score (nSPS) is 18.1. The van der Waals surface area contributed by atoms with Gasteiger partial charge in [-0.3, -0.25) is 0 Å².